The topological polar surface area (TPSA) is 36.3 Å². The van der Waals surface area contributed by atoms with Crippen LogP contribution in [-0.2, 0) is 4.74 Å². The Hall–Kier alpha value is -0.590. The molecule has 0 aliphatic carbocycles. The number of hydrogen-bond acceptors (Lipinski definition) is 3. The van der Waals surface area contributed by atoms with Crippen LogP contribution in [0.25, 0.3) is 0 Å². The zero-order valence-electron chi connectivity index (χ0n) is 9.91. The van der Waals surface area contributed by atoms with Gasteiger partial charge in [-0.15, -0.1) is 0 Å². The van der Waals surface area contributed by atoms with Crippen LogP contribution in [0.4, 0.5) is 0 Å². The predicted molar refractivity (Wildman–Crippen MR) is 60.5 cm³/mol. The highest BCUT2D eigenvalue weighted by Crippen LogP contribution is 2.15. The van der Waals surface area contributed by atoms with Gasteiger partial charge < -0.3 is 4.74 Å². The number of ether oxygens (including phenoxy) is 1. The molecule has 0 aromatic rings. The van der Waals surface area contributed by atoms with Crippen LogP contribution in [0.3, 0.4) is 0 Å². The van der Waals surface area contributed by atoms with Crippen molar-refractivity contribution in [1.29, 1.82) is 5.26 Å². The van der Waals surface area contributed by atoms with Gasteiger partial charge in [0.25, 0.3) is 0 Å². The van der Waals surface area contributed by atoms with Crippen molar-refractivity contribution in [2.24, 2.45) is 0 Å². The first-order chi connectivity index (χ1) is 7.27. The highest BCUT2D eigenvalue weighted by molar-refractivity contribution is 4.78. The molecule has 1 heterocycles. The number of hydrogen-bond donors (Lipinski definition) is 0. The van der Waals surface area contributed by atoms with Crippen LogP contribution in [0.5, 0.6) is 0 Å². The third-order valence-electron chi connectivity index (χ3n) is 3.04. The first kappa shape index (κ1) is 12.5. The Labute approximate surface area is 93.0 Å². The molecule has 0 aromatic carbocycles. The lowest BCUT2D eigenvalue weighted by Crippen LogP contribution is -2.48. The lowest BCUT2D eigenvalue weighted by atomic mass is 10.1. The van der Waals surface area contributed by atoms with Gasteiger partial charge in [-0.25, -0.2) is 0 Å². The van der Waals surface area contributed by atoms with Gasteiger partial charge in [0.2, 0.25) is 0 Å². The van der Waals surface area contributed by atoms with Crippen LogP contribution < -0.4 is 0 Å². The maximum atomic E-state index is 8.46. The minimum absolute atomic E-state index is 0.365. The first-order valence-electron chi connectivity index (χ1n) is 6.00. The van der Waals surface area contributed by atoms with E-state index in [1.54, 1.807) is 0 Å². The van der Waals surface area contributed by atoms with Gasteiger partial charge in [-0.1, -0.05) is 6.92 Å². The van der Waals surface area contributed by atoms with Crippen molar-refractivity contribution in [3.8, 4) is 6.07 Å². The van der Waals surface area contributed by atoms with Gasteiger partial charge in [0.05, 0.1) is 18.8 Å². The fourth-order valence-corrected chi connectivity index (χ4v) is 2.08. The zero-order valence-corrected chi connectivity index (χ0v) is 9.91. The normalized spacial score (nSPS) is 27.5. The quantitative estimate of drug-likeness (QED) is 0.653. The van der Waals surface area contributed by atoms with Crippen molar-refractivity contribution in [2.45, 2.75) is 51.7 Å². The van der Waals surface area contributed by atoms with E-state index in [4.69, 9.17) is 10.00 Å². The monoisotopic (exact) mass is 210 g/mol. The van der Waals surface area contributed by atoms with Crippen LogP contribution in [-0.4, -0.2) is 36.7 Å². The third-order valence-corrected chi connectivity index (χ3v) is 3.04. The van der Waals surface area contributed by atoms with Crippen molar-refractivity contribution < 1.29 is 4.74 Å². The first-order valence-corrected chi connectivity index (χ1v) is 6.00. The maximum Gasteiger partial charge on any atom is 0.0674 e. The molecule has 1 aliphatic rings. The Morgan fingerprint density at radius 2 is 2.27 bits per heavy atom. The summed E-state index contributed by atoms with van der Waals surface area (Å²) in [5.41, 5.74) is 0. The van der Waals surface area contributed by atoms with Gasteiger partial charge in [-0.3, -0.25) is 4.90 Å². The fraction of sp³-hybridized carbons (Fsp3) is 0.917. The van der Waals surface area contributed by atoms with Gasteiger partial charge in [0, 0.05) is 19.0 Å². The number of nitriles is 1. The average molecular weight is 210 g/mol. The molecule has 0 spiro atoms. The van der Waals surface area contributed by atoms with E-state index < -0.39 is 0 Å². The van der Waals surface area contributed by atoms with Gasteiger partial charge in [0.15, 0.2) is 0 Å². The van der Waals surface area contributed by atoms with Gasteiger partial charge >= 0.3 is 0 Å². The Morgan fingerprint density at radius 1 is 1.47 bits per heavy atom. The number of rotatable bonds is 5. The summed E-state index contributed by atoms with van der Waals surface area (Å²) in [4.78, 5) is 2.52. The lowest BCUT2D eigenvalue weighted by molar-refractivity contribution is -0.0560. The van der Waals surface area contributed by atoms with E-state index in [1.807, 2.05) is 0 Å². The molecule has 0 aromatic heterocycles. The molecule has 2 unspecified atom stereocenters. The smallest absolute Gasteiger partial charge is 0.0674 e. The summed E-state index contributed by atoms with van der Waals surface area (Å²) >= 11 is 0. The largest absolute Gasteiger partial charge is 0.376 e. The van der Waals surface area contributed by atoms with Crippen LogP contribution in [0, 0.1) is 11.3 Å². The molecule has 1 aliphatic heterocycles. The van der Waals surface area contributed by atoms with E-state index in [2.05, 4.69) is 24.8 Å². The molecule has 0 amide bonds. The molecule has 0 bridgehead atoms. The maximum absolute atomic E-state index is 8.46. The Balaban J connectivity index is 2.26. The van der Waals surface area contributed by atoms with Crippen molar-refractivity contribution in [1.82, 2.24) is 4.90 Å². The number of morpholine rings is 1. The van der Waals surface area contributed by atoms with Crippen LogP contribution in [0.15, 0.2) is 0 Å². The average Bonchev–Trinajstić information content (AvgIpc) is 2.25. The highest BCUT2D eigenvalue weighted by Gasteiger charge is 2.24. The Morgan fingerprint density at radius 3 is 2.93 bits per heavy atom. The molecule has 2 atom stereocenters. The molecular formula is C12H22N2O. The molecule has 1 saturated heterocycles. The second-order valence-electron chi connectivity index (χ2n) is 4.32. The van der Waals surface area contributed by atoms with Gasteiger partial charge in [0.1, 0.15) is 0 Å². The molecule has 1 fully saturated rings. The summed E-state index contributed by atoms with van der Waals surface area (Å²) in [6.07, 6.45) is 4.38. The van der Waals surface area contributed by atoms with E-state index >= 15 is 0 Å². The van der Waals surface area contributed by atoms with Crippen molar-refractivity contribution in [2.75, 3.05) is 19.7 Å². The molecule has 3 heteroatoms. The van der Waals surface area contributed by atoms with Crippen molar-refractivity contribution in [3.05, 3.63) is 0 Å². The second-order valence-corrected chi connectivity index (χ2v) is 4.32. The number of nitrogens with zero attached hydrogens (tertiary/aromatic N) is 2. The Kier molecular flexibility index (Phi) is 5.67. The zero-order chi connectivity index (χ0) is 11.1. The second kappa shape index (κ2) is 6.81. The van der Waals surface area contributed by atoms with E-state index in [-0.39, 0.29) is 0 Å². The van der Waals surface area contributed by atoms with Crippen LogP contribution in [0.1, 0.15) is 39.5 Å². The van der Waals surface area contributed by atoms with Crippen LogP contribution in [0.2, 0.25) is 0 Å². The van der Waals surface area contributed by atoms with E-state index in [0.717, 1.165) is 39.0 Å². The minimum Gasteiger partial charge on any atom is -0.376 e. The molecule has 86 valence electrons. The third kappa shape index (κ3) is 4.19. The molecule has 15 heavy (non-hydrogen) atoms. The molecule has 3 nitrogen and oxygen atoms in total. The standard InChI is InChI=1S/C12H22N2O/c1-3-12-10-15-11(2)9-14(12)8-6-4-5-7-13/h11-12H,3-6,8-10H2,1-2H3. The van der Waals surface area contributed by atoms with Crippen LogP contribution >= 0.6 is 0 Å². The summed E-state index contributed by atoms with van der Waals surface area (Å²) in [5.74, 6) is 0. The Bertz CT molecular complexity index is 212. The lowest BCUT2D eigenvalue weighted by Gasteiger charge is -2.38. The predicted octanol–water partition coefficient (Wildman–Crippen LogP) is 2.18. The van der Waals surface area contributed by atoms with Gasteiger partial charge in [-0.2, -0.15) is 5.26 Å². The van der Waals surface area contributed by atoms with E-state index in [9.17, 15) is 0 Å². The fourth-order valence-electron chi connectivity index (χ4n) is 2.08. The molecule has 1 rings (SSSR count). The summed E-state index contributed by atoms with van der Waals surface area (Å²) in [7, 11) is 0. The molecule has 0 N–H and O–H groups in total. The minimum atomic E-state index is 0.365. The summed E-state index contributed by atoms with van der Waals surface area (Å²) in [6, 6.07) is 2.78. The summed E-state index contributed by atoms with van der Waals surface area (Å²) < 4.78 is 5.65. The summed E-state index contributed by atoms with van der Waals surface area (Å²) in [6.45, 7) is 7.38. The molecule has 0 radical (unpaired) electrons. The molecule has 0 saturated carbocycles. The SMILES string of the molecule is CCC1COC(C)CN1CCCCC#N. The van der Waals surface area contributed by atoms with E-state index in [0.29, 0.717) is 18.6 Å². The molecular weight excluding hydrogens is 188 g/mol. The number of unbranched alkanes of at least 4 members (excludes halogenated alkanes) is 2. The van der Waals surface area contributed by atoms with Crippen molar-refractivity contribution >= 4 is 0 Å². The summed E-state index contributed by atoms with van der Waals surface area (Å²) in [5, 5.41) is 8.46. The van der Waals surface area contributed by atoms with Gasteiger partial charge in [-0.05, 0) is 32.7 Å². The van der Waals surface area contributed by atoms with E-state index in [1.165, 1.54) is 0 Å². The van der Waals surface area contributed by atoms with Crippen molar-refractivity contribution in [3.63, 3.8) is 0 Å². The highest BCUT2D eigenvalue weighted by atomic mass is 16.5.